The largest absolute Gasteiger partial charge is 0.489 e. The molecule has 72 valence electrons. The minimum Gasteiger partial charge on any atom is -0.489 e. The minimum absolute atomic E-state index is 0.418. The number of nitrogens with zero attached hydrogens (tertiary/aromatic N) is 2. The van der Waals surface area contributed by atoms with Gasteiger partial charge in [-0.2, -0.15) is 0 Å². The molecule has 13 heavy (non-hydrogen) atoms. The molecule has 0 saturated heterocycles. The summed E-state index contributed by atoms with van der Waals surface area (Å²) in [5.74, 6) is 0.644. The Morgan fingerprint density at radius 2 is 2.31 bits per heavy atom. The lowest BCUT2D eigenvalue weighted by atomic mass is 10.4. The minimum atomic E-state index is 0.418. The van der Waals surface area contributed by atoms with Crippen LogP contribution in [0.3, 0.4) is 0 Å². The van der Waals surface area contributed by atoms with Gasteiger partial charge in [-0.3, -0.25) is 0 Å². The Kier molecular flexibility index (Phi) is 3.99. The van der Waals surface area contributed by atoms with E-state index in [2.05, 4.69) is 4.98 Å². The molecule has 1 aromatic rings. The Morgan fingerprint density at radius 3 is 2.92 bits per heavy atom. The maximum absolute atomic E-state index is 5.79. The molecule has 1 rings (SSSR count). The van der Waals surface area contributed by atoms with Crippen molar-refractivity contribution in [2.75, 3.05) is 27.2 Å². The van der Waals surface area contributed by atoms with Crippen LogP contribution < -0.4 is 4.74 Å². The molecule has 1 aromatic heterocycles. The topological polar surface area (TPSA) is 25.4 Å². The SMILES string of the molecule is CN(C)CCOc1cccnc1Cl. The van der Waals surface area contributed by atoms with Gasteiger partial charge in [-0.1, -0.05) is 11.6 Å². The number of halogens is 1. The molecule has 0 amide bonds. The summed E-state index contributed by atoms with van der Waals surface area (Å²) in [6, 6.07) is 3.61. The fourth-order valence-electron chi connectivity index (χ4n) is 0.817. The Hall–Kier alpha value is -0.800. The normalized spacial score (nSPS) is 10.5. The molecule has 0 atom stereocenters. The molecule has 0 unspecified atom stereocenters. The predicted octanol–water partition coefficient (Wildman–Crippen LogP) is 1.68. The van der Waals surface area contributed by atoms with Crippen molar-refractivity contribution in [2.45, 2.75) is 0 Å². The zero-order valence-corrected chi connectivity index (χ0v) is 8.58. The van der Waals surface area contributed by atoms with Gasteiger partial charge >= 0.3 is 0 Å². The van der Waals surface area contributed by atoms with Crippen LogP contribution in [0.5, 0.6) is 5.75 Å². The number of hydrogen-bond donors (Lipinski definition) is 0. The second kappa shape index (κ2) is 5.04. The maximum atomic E-state index is 5.79. The third-order valence-corrected chi connectivity index (χ3v) is 1.80. The first-order chi connectivity index (χ1) is 6.20. The summed E-state index contributed by atoms with van der Waals surface area (Å²) in [5, 5.41) is 0.418. The van der Waals surface area contributed by atoms with Crippen molar-refractivity contribution in [3.05, 3.63) is 23.5 Å². The maximum Gasteiger partial charge on any atom is 0.171 e. The summed E-state index contributed by atoms with van der Waals surface area (Å²) in [5.41, 5.74) is 0. The number of ether oxygens (including phenoxy) is 1. The monoisotopic (exact) mass is 200 g/mol. The lowest BCUT2D eigenvalue weighted by molar-refractivity contribution is 0.261. The standard InChI is InChI=1S/C9H13ClN2O/c1-12(2)6-7-13-8-4-3-5-11-9(8)10/h3-5H,6-7H2,1-2H3. The Labute approximate surface area is 83.3 Å². The van der Waals surface area contributed by atoms with Crippen molar-refractivity contribution >= 4 is 11.6 Å². The highest BCUT2D eigenvalue weighted by Gasteiger charge is 2.00. The predicted molar refractivity (Wildman–Crippen MR) is 53.3 cm³/mol. The van der Waals surface area contributed by atoms with Crippen molar-refractivity contribution in [2.24, 2.45) is 0 Å². The average Bonchev–Trinajstić information content (AvgIpc) is 2.08. The third-order valence-electron chi connectivity index (χ3n) is 1.52. The molecule has 0 fully saturated rings. The van der Waals surface area contributed by atoms with E-state index in [0.29, 0.717) is 17.5 Å². The molecule has 0 radical (unpaired) electrons. The van der Waals surface area contributed by atoms with Crippen LogP contribution >= 0.6 is 11.6 Å². The number of likely N-dealkylation sites (N-methyl/N-ethyl adjacent to an activating group) is 1. The lowest BCUT2D eigenvalue weighted by Crippen LogP contribution is -2.19. The van der Waals surface area contributed by atoms with E-state index in [1.54, 1.807) is 12.3 Å². The quantitative estimate of drug-likeness (QED) is 0.692. The van der Waals surface area contributed by atoms with Crippen molar-refractivity contribution in [1.82, 2.24) is 9.88 Å². The summed E-state index contributed by atoms with van der Waals surface area (Å²) < 4.78 is 5.41. The molecule has 0 aliphatic heterocycles. The van der Waals surface area contributed by atoms with E-state index in [-0.39, 0.29) is 0 Å². The van der Waals surface area contributed by atoms with Gasteiger partial charge in [0.05, 0.1) is 0 Å². The van der Waals surface area contributed by atoms with Crippen LogP contribution in [-0.2, 0) is 0 Å². The molecule has 0 bridgehead atoms. The van der Waals surface area contributed by atoms with Gasteiger partial charge in [0.25, 0.3) is 0 Å². The summed E-state index contributed by atoms with van der Waals surface area (Å²) in [6.45, 7) is 1.49. The number of pyridine rings is 1. The summed E-state index contributed by atoms with van der Waals surface area (Å²) >= 11 is 5.79. The Balaban J connectivity index is 2.41. The highest BCUT2D eigenvalue weighted by Crippen LogP contribution is 2.19. The smallest absolute Gasteiger partial charge is 0.171 e. The van der Waals surface area contributed by atoms with Gasteiger partial charge in [-0.05, 0) is 26.2 Å². The van der Waals surface area contributed by atoms with E-state index < -0.39 is 0 Å². The van der Waals surface area contributed by atoms with Crippen LogP contribution in [0.25, 0.3) is 0 Å². The van der Waals surface area contributed by atoms with E-state index in [0.717, 1.165) is 6.54 Å². The van der Waals surface area contributed by atoms with E-state index in [1.165, 1.54) is 0 Å². The summed E-state index contributed by atoms with van der Waals surface area (Å²) in [6.07, 6.45) is 1.64. The van der Waals surface area contributed by atoms with Crippen LogP contribution in [0, 0.1) is 0 Å². The van der Waals surface area contributed by atoms with Gasteiger partial charge in [0.2, 0.25) is 0 Å². The van der Waals surface area contributed by atoms with Crippen LogP contribution in [-0.4, -0.2) is 37.1 Å². The number of rotatable bonds is 4. The van der Waals surface area contributed by atoms with Gasteiger partial charge < -0.3 is 9.64 Å². The van der Waals surface area contributed by atoms with E-state index in [1.807, 2.05) is 25.1 Å². The van der Waals surface area contributed by atoms with E-state index in [4.69, 9.17) is 16.3 Å². The summed E-state index contributed by atoms with van der Waals surface area (Å²) in [7, 11) is 3.99. The first kappa shape index (κ1) is 10.3. The first-order valence-corrected chi connectivity index (χ1v) is 4.46. The molecule has 0 spiro atoms. The molecule has 0 aromatic carbocycles. The van der Waals surface area contributed by atoms with Gasteiger partial charge in [-0.15, -0.1) is 0 Å². The zero-order valence-electron chi connectivity index (χ0n) is 7.83. The van der Waals surface area contributed by atoms with Crippen molar-refractivity contribution < 1.29 is 4.74 Å². The van der Waals surface area contributed by atoms with Gasteiger partial charge in [0.15, 0.2) is 10.9 Å². The van der Waals surface area contributed by atoms with Crippen molar-refractivity contribution in [3.8, 4) is 5.75 Å². The van der Waals surface area contributed by atoms with Gasteiger partial charge in [0.1, 0.15) is 6.61 Å². The van der Waals surface area contributed by atoms with Crippen LogP contribution in [0.2, 0.25) is 5.15 Å². The summed E-state index contributed by atoms with van der Waals surface area (Å²) in [4.78, 5) is 5.95. The molecule has 4 heteroatoms. The molecular formula is C9H13ClN2O. The van der Waals surface area contributed by atoms with Crippen molar-refractivity contribution in [3.63, 3.8) is 0 Å². The first-order valence-electron chi connectivity index (χ1n) is 4.08. The molecule has 0 aliphatic rings. The van der Waals surface area contributed by atoms with E-state index >= 15 is 0 Å². The highest BCUT2D eigenvalue weighted by molar-refractivity contribution is 6.30. The number of aromatic nitrogens is 1. The molecular weight excluding hydrogens is 188 g/mol. The fraction of sp³-hybridized carbons (Fsp3) is 0.444. The van der Waals surface area contributed by atoms with Gasteiger partial charge in [-0.25, -0.2) is 4.98 Å². The second-order valence-electron chi connectivity index (χ2n) is 2.94. The number of hydrogen-bond acceptors (Lipinski definition) is 3. The molecule has 0 saturated carbocycles. The lowest BCUT2D eigenvalue weighted by Gasteiger charge is -2.11. The molecule has 0 aliphatic carbocycles. The second-order valence-corrected chi connectivity index (χ2v) is 3.30. The molecule has 1 heterocycles. The van der Waals surface area contributed by atoms with Crippen LogP contribution in [0.4, 0.5) is 0 Å². The van der Waals surface area contributed by atoms with Crippen LogP contribution in [0.15, 0.2) is 18.3 Å². The van der Waals surface area contributed by atoms with E-state index in [9.17, 15) is 0 Å². The zero-order chi connectivity index (χ0) is 9.68. The van der Waals surface area contributed by atoms with Gasteiger partial charge in [0, 0.05) is 12.7 Å². The third kappa shape index (κ3) is 3.61. The van der Waals surface area contributed by atoms with Crippen molar-refractivity contribution in [1.29, 1.82) is 0 Å². The Bertz CT molecular complexity index is 266. The fourth-order valence-corrected chi connectivity index (χ4v) is 0.991. The molecule has 3 nitrogen and oxygen atoms in total. The molecule has 0 N–H and O–H groups in total. The Morgan fingerprint density at radius 1 is 1.54 bits per heavy atom. The average molecular weight is 201 g/mol. The highest BCUT2D eigenvalue weighted by atomic mass is 35.5. The van der Waals surface area contributed by atoms with Crippen LogP contribution in [0.1, 0.15) is 0 Å².